The van der Waals surface area contributed by atoms with Crippen molar-refractivity contribution < 1.29 is 17.9 Å². The summed E-state index contributed by atoms with van der Waals surface area (Å²) in [5.74, 6) is 0.547. The molecule has 3 rings (SSSR count). The van der Waals surface area contributed by atoms with Crippen molar-refractivity contribution in [1.82, 2.24) is 14.5 Å². The van der Waals surface area contributed by atoms with E-state index in [0.29, 0.717) is 50.6 Å². The normalized spacial score (nSPS) is 15.3. The number of amides is 1. The van der Waals surface area contributed by atoms with Crippen molar-refractivity contribution in [2.75, 3.05) is 46.4 Å². The number of rotatable bonds is 7. The van der Waals surface area contributed by atoms with Gasteiger partial charge in [-0.2, -0.15) is 4.31 Å². The van der Waals surface area contributed by atoms with Gasteiger partial charge in [0.1, 0.15) is 5.75 Å². The molecule has 164 valence electrons. The van der Waals surface area contributed by atoms with Gasteiger partial charge in [-0.15, -0.1) is 12.4 Å². The number of nitrogens with zero attached hydrogens (tertiary/aromatic N) is 2. The number of carbonyl (C=O) groups is 1. The van der Waals surface area contributed by atoms with Crippen LogP contribution in [0.15, 0.2) is 53.4 Å². The van der Waals surface area contributed by atoms with Gasteiger partial charge in [-0.1, -0.05) is 18.2 Å². The fourth-order valence-electron chi connectivity index (χ4n) is 3.34. The maximum atomic E-state index is 12.8. The Hall–Kier alpha value is -2.13. The molecule has 1 saturated heterocycles. The smallest absolute Gasteiger partial charge is 0.251 e. The van der Waals surface area contributed by atoms with Gasteiger partial charge in [0.2, 0.25) is 10.0 Å². The van der Waals surface area contributed by atoms with Gasteiger partial charge in [-0.3, -0.25) is 9.69 Å². The van der Waals surface area contributed by atoms with Gasteiger partial charge in [-0.05, 0) is 42.8 Å². The first-order valence-corrected chi connectivity index (χ1v) is 11.1. The van der Waals surface area contributed by atoms with E-state index in [1.54, 1.807) is 31.4 Å². The average Bonchev–Trinajstić information content (AvgIpc) is 2.74. The van der Waals surface area contributed by atoms with E-state index in [1.807, 2.05) is 31.2 Å². The number of benzene rings is 2. The van der Waals surface area contributed by atoms with Crippen LogP contribution in [0.4, 0.5) is 0 Å². The third kappa shape index (κ3) is 5.72. The highest BCUT2D eigenvalue weighted by Crippen LogP contribution is 2.20. The number of hydrogen-bond acceptors (Lipinski definition) is 5. The van der Waals surface area contributed by atoms with Gasteiger partial charge in [0.15, 0.2) is 0 Å². The van der Waals surface area contributed by atoms with Crippen molar-refractivity contribution in [1.29, 1.82) is 0 Å². The van der Waals surface area contributed by atoms with E-state index in [9.17, 15) is 13.2 Å². The van der Waals surface area contributed by atoms with Crippen LogP contribution in [-0.2, 0) is 10.0 Å². The summed E-state index contributed by atoms with van der Waals surface area (Å²) in [6.07, 6.45) is 0. The van der Waals surface area contributed by atoms with Crippen LogP contribution in [0.5, 0.6) is 5.75 Å². The van der Waals surface area contributed by atoms with Crippen LogP contribution < -0.4 is 10.1 Å². The van der Waals surface area contributed by atoms with E-state index in [-0.39, 0.29) is 23.2 Å². The topological polar surface area (TPSA) is 79.0 Å². The van der Waals surface area contributed by atoms with Crippen molar-refractivity contribution in [3.8, 4) is 5.75 Å². The Labute approximate surface area is 184 Å². The predicted octanol–water partition coefficient (Wildman–Crippen LogP) is 2.16. The van der Waals surface area contributed by atoms with Gasteiger partial charge in [-0.25, -0.2) is 8.42 Å². The van der Waals surface area contributed by atoms with E-state index in [2.05, 4.69) is 10.2 Å². The Bertz CT molecular complexity index is 943. The lowest BCUT2D eigenvalue weighted by Gasteiger charge is -2.34. The number of methoxy groups -OCH3 is 1. The highest BCUT2D eigenvalue weighted by molar-refractivity contribution is 7.89. The van der Waals surface area contributed by atoms with Crippen LogP contribution >= 0.6 is 12.4 Å². The summed E-state index contributed by atoms with van der Waals surface area (Å²) in [7, 11) is -1.96. The number of halogens is 1. The van der Waals surface area contributed by atoms with Crippen LogP contribution in [0.25, 0.3) is 0 Å². The van der Waals surface area contributed by atoms with Gasteiger partial charge < -0.3 is 10.1 Å². The quantitative estimate of drug-likeness (QED) is 0.695. The van der Waals surface area contributed by atoms with Crippen molar-refractivity contribution in [3.63, 3.8) is 0 Å². The summed E-state index contributed by atoms with van der Waals surface area (Å²) >= 11 is 0. The van der Waals surface area contributed by atoms with Gasteiger partial charge in [0.25, 0.3) is 5.91 Å². The average molecular weight is 454 g/mol. The molecular formula is C21H28ClN3O4S. The molecule has 1 aliphatic rings. The second-order valence-electron chi connectivity index (χ2n) is 6.99. The first-order chi connectivity index (χ1) is 13.9. The third-order valence-electron chi connectivity index (χ3n) is 5.13. The van der Waals surface area contributed by atoms with Crippen molar-refractivity contribution in [3.05, 3.63) is 59.7 Å². The molecule has 7 nitrogen and oxygen atoms in total. The van der Waals surface area contributed by atoms with E-state index in [0.717, 1.165) is 5.56 Å². The minimum atomic E-state index is -3.50. The van der Waals surface area contributed by atoms with Crippen LogP contribution in [-0.4, -0.2) is 69.9 Å². The Morgan fingerprint density at radius 3 is 2.27 bits per heavy atom. The molecule has 1 aliphatic heterocycles. The molecule has 0 bridgehead atoms. The molecule has 1 heterocycles. The lowest BCUT2D eigenvalue weighted by atomic mass is 10.1. The monoisotopic (exact) mass is 453 g/mol. The second kappa shape index (κ2) is 10.8. The fourth-order valence-corrected chi connectivity index (χ4v) is 4.76. The maximum absolute atomic E-state index is 12.8. The minimum Gasteiger partial charge on any atom is -0.497 e. The largest absolute Gasteiger partial charge is 0.497 e. The standard InChI is InChI=1S/C21H27N3O4S.ClH/c1-17-5-3-4-6-20(17)21(25)22-11-12-23-13-15-24(16-14-23)29(26,27)19-9-7-18(28-2)8-10-19;/h3-10H,11-16H2,1-2H3,(H,22,25);1H. The number of piperazine rings is 1. The van der Waals surface area contributed by atoms with Crippen molar-refractivity contribution in [2.45, 2.75) is 11.8 Å². The highest BCUT2D eigenvalue weighted by Gasteiger charge is 2.28. The Kier molecular flexibility index (Phi) is 8.66. The van der Waals surface area contributed by atoms with E-state index < -0.39 is 10.0 Å². The maximum Gasteiger partial charge on any atom is 0.251 e. The molecule has 0 aliphatic carbocycles. The molecular weight excluding hydrogens is 426 g/mol. The molecule has 0 aromatic heterocycles. The molecule has 2 aromatic rings. The van der Waals surface area contributed by atoms with Crippen LogP contribution in [0.3, 0.4) is 0 Å². The van der Waals surface area contributed by atoms with Crippen LogP contribution in [0.2, 0.25) is 0 Å². The van der Waals surface area contributed by atoms with Crippen molar-refractivity contribution >= 4 is 28.3 Å². The molecule has 0 saturated carbocycles. The lowest BCUT2D eigenvalue weighted by Crippen LogP contribution is -2.50. The fraction of sp³-hybridized carbons (Fsp3) is 0.381. The van der Waals surface area contributed by atoms with Crippen LogP contribution in [0.1, 0.15) is 15.9 Å². The number of carbonyl (C=O) groups excluding carboxylic acids is 1. The zero-order chi connectivity index (χ0) is 20.9. The molecule has 1 amide bonds. The SMILES string of the molecule is COc1ccc(S(=O)(=O)N2CCN(CCNC(=O)c3ccccc3C)CC2)cc1.Cl. The van der Waals surface area contributed by atoms with E-state index >= 15 is 0 Å². The van der Waals surface area contributed by atoms with E-state index in [4.69, 9.17) is 4.74 Å². The molecule has 30 heavy (non-hydrogen) atoms. The molecule has 2 aromatic carbocycles. The summed E-state index contributed by atoms with van der Waals surface area (Å²) in [6.45, 7) is 5.26. The predicted molar refractivity (Wildman–Crippen MR) is 119 cm³/mol. The second-order valence-corrected chi connectivity index (χ2v) is 8.93. The number of hydrogen-bond donors (Lipinski definition) is 1. The Morgan fingerprint density at radius 1 is 1.03 bits per heavy atom. The van der Waals surface area contributed by atoms with Gasteiger partial charge in [0, 0.05) is 44.8 Å². The number of ether oxygens (including phenoxy) is 1. The molecule has 1 fully saturated rings. The number of nitrogens with one attached hydrogen (secondary N) is 1. The summed E-state index contributed by atoms with van der Waals surface area (Å²) in [5.41, 5.74) is 1.63. The molecule has 0 atom stereocenters. The molecule has 0 unspecified atom stereocenters. The Balaban J connectivity index is 0.00000320. The molecule has 0 radical (unpaired) electrons. The zero-order valence-corrected chi connectivity index (χ0v) is 18.8. The summed E-state index contributed by atoms with van der Waals surface area (Å²) in [6, 6.07) is 13.9. The first kappa shape index (κ1) is 24.1. The van der Waals surface area contributed by atoms with Crippen LogP contribution in [0, 0.1) is 6.92 Å². The third-order valence-corrected chi connectivity index (χ3v) is 7.04. The Morgan fingerprint density at radius 2 is 1.67 bits per heavy atom. The number of sulfonamides is 1. The molecule has 1 N–H and O–H groups in total. The minimum absolute atomic E-state index is 0. The van der Waals surface area contributed by atoms with E-state index in [1.165, 1.54) is 4.31 Å². The summed E-state index contributed by atoms with van der Waals surface area (Å²) in [5, 5.41) is 2.94. The summed E-state index contributed by atoms with van der Waals surface area (Å²) < 4.78 is 32.2. The van der Waals surface area contributed by atoms with Gasteiger partial charge >= 0.3 is 0 Å². The first-order valence-electron chi connectivity index (χ1n) is 9.62. The lowest BCUT2D eigenvalue weighted by molar-refractivity contribution is 0.0944. The van der Waals surface area contributed by atoms with Crippen molar-refractivity contribution in [2.24, 2.45) is 0 Å². The highest BCUT2D eigenvalue weighted by atomic mass is 35.5. The summed E-state index contributed by atoms with van der Waals surface area (Å²) in [4.78, 5) is 14.7. The van der Waals surface area contributed by atoms with Gasteiger partial charge in [0.05, 0.1) is 12.0 Å². The molecule has 0 spiro atoms. The molecule has 9 heteroatoms. The zero-order valence-electron chi connectivity index (χ0n) is 17.2. The number of aryl methyl sites for hydroxylation is 1.